The van der Waals surface area contributed by atoms with E-state index in [0.29, 0.717) is 31.6 Å². The number of nitrogens with one attached hydrogen (secondary N) is 2. The second kappa shape index (κ2) is 10.8. The molecule has 0 bridgehead atoms. The third-order valence-electron chi connectivity index (χ3n) is 5.46. The monoisotopic (exact) mass is 434 g/mol. The van der Waals surface area contributed by atoms with Crippen LogP contribution >= 0.6 is 0 Å². The molecule has 1 fully saturated rings. The van der Waals surface area contributed by atoms with Gasteiger partial charge in [0.05, 0.1) is 19.8 Å². The number of hydrogen-bond donors (Lipinski definition) is 2. The Morgan fingerprint density at radius 3 is 2.81 bits per heavy atom. The predicted molar refractivity (Wildman–Crippen MR) is 124 cm³/mol. The van der Waals surface area contributed by atoms with Crippen LogP contribution in [0.4, 0.5) is 0 Å². The van der Waals surface area contributed by atoms with Crippen molar-refractivity contribution < 1.29 is 9.47 Å². The average molecular weight is 435 g/mol. The van der Waals surface area contributed by atoms with E-state index in [1.54, 1.807) is 13.4 Å². The Labute approximate surface area is 188 Å². The summed E-state index contributed by atoms with van der Waals surface area (Å²) in [5.41, 5.74) is 3.28. The van der Waals surface area contributed by atoms with E-state index in [9.17, 15) is 0 Å². The van der Waals surface area contributed by atoms with Crippen LogP contribution in [0.25, 0.3) is 5.69 Å². The SMILES string of the molecule is CN=C(NCc1ccc(C)cc1OCC1CCOC1)NCc1nncn1-c1ccccc1. The minimum absolute atomic E-state index is 0.465. The van der Waals surface area contributed by atoms with Gasteiger partial charge >= 0.3 is 0 Å². The molecular weight excluding hydrogens is 404 g/mol. The number of hydrogen-bond acceptors (Lipinski definition) is 5. The fourth-order valence-electron chi connectivity index (χ4n) is 3.61. The van der Waals surface area contributed by atoms with Gasteiger partial charge in [0, 0.05) is 37.4 Å². The van der Waals surface area contributed by atoms with Crippen molar-refractivity contribution >= 4 is 5.96 Å². The van der Waals surface area contributed by atoms with E-state index in [0.717, 1.165) is 42.5 Å². The Morgan fingerprint density at radius 1 is 1.19 bits per heavy atom. The van der Waals surface area contributed by atoms with Crippen molar-refractivity contribution in [2.24, 2.45) is 10.9 Å². The average Bonchev–Trinajstić information content (AvgIpc) is 3.51. The van der Waals surface area contributed by atoms with Gasteiger partial charge in [-0.2, -0.15) is 0 Å². The van der Waals surface area contributed by atoms with Crippen molar-refractivity contribution in [3.8, 4) is 11.4 Å². The van der Waals surface area contributed by atoms with Crippen molar-refractivity contribution in [3.05, 3.63) is 71.8 Å². The van der Waals surface area contributed by atoms with Crippen LogP contribution in [-0.4, -0.2) is 47.6 Å². The number of para-hydroxylation sites is 1. The summed E-state index contributed by atoms with van der Waals surface area (Å²) in [6, 6.07) is 16.3. The molecule has 1 aliphatic heterocycles. The Balaban J connectivity index is 1.35. The molecule has 1 aromatic heterocycles. The van der Waals surface area contributed by atoms with Gasteiger partial charge in [0.25, 0.3) is 0 Å². The molecular formula is C24H30N6O2. The number of rotatable bonds is 8. The van der Waals surface area contributed by atoms with E-state index in [-0.39, 0.29) is 0 Å². The number of benzene rings is 2. The van der Waals surface area contributed by atoms with Gasteiger partial charge in [-0.3, -0.25) is 9.56 Å². The van der Waals surface area contributed by atoms with Gasteiger partial charge in [-0.15, -0.1) is 10.2 Å². The molecule has 1 atom stereocenters. The molecule has 32 heavy (non-hydrogen) atoms. The molecule has 1 aliphatic rings. The number of nitrogens with zero attached hydrogens (tertiary/aromatic N) is 4. The van der Waals surface area contributed by atoms with Gasteiger partial charge in [0.15, 0.2) is 11.8 Å². The summed E-state index contributed by atoms with van der Waals surface area (Å²) in [6.07, 6.45) is 2.78. The number of aliphatic imine (C=N–C) groups is 1. The molecule has 3 aromatic rings. The first-order valence-electron chi connectivity index (χ1n) is 10.9. The van der Waals surface area contributed by atoms with Crippen molar-refractivity contribution in [3.63, 3.8) is 0 Å². The first kappa shape index (κ1) is 21.8. The lowest BCUT2D eigenvalue weighted by atomic mass is 10.1. The molecule has 0 aliphatic carbocycles. The highest BCUT2D eigenvalue weighted by molar-refractivity contribution is 5.79. The summed E-state index contributed by atoms with van der Waals surface area (Å²) in [6.45, 7) is 5.46. The summed E-state index contributed by atoms with van der Waals surface area (Å²) in [7, 11) is 1.75. The van der Waals surface area contributed by atoms with Crippen LogP contribution in [0.2, 0.25) is 0 Å². The highest BCUT2D eigenvalue weighted by Crippen LogP contribution is 2.22. The maximum atomic E-state index is 6.15. The summed E-state index contributed by atoms with van der Waals surface area (Å²) in [5, 5.41) is 15.0. The Kier molecular flexibility index (Phi) is 7.34. The molecule has 2 aromatic carbocycles. The third-order valence-corrected chi connectivity index (χ3v) is 5.46. The van der Waals surface area contributed by atoms with Gasteiger partial charge in [-0.05, 0) is 37.1 Å². The maximum Gasteiger partial charge on any atom is 0.191 e. The number of aromatic nitrogens is 3. The van der Waals surface area contributed by atoms with E-state index >= 15 is 0 Å². The van der Waals surface area contributed by atoms with Gasteiger partial charge in [-0.25, -0.2) is 0 Å². The molecule has 1 unspecified atom stereocenters. The fraction of sp³-hybridized carbons (Fsp3) is 0.375. The molecule has 0 spiro atoms. The Bertz CT molecular complexity index is 1030. The Hall–Kier alpha value is -3.39. The molecule has 8 heteroatoms. The molecule has 8 nitrogen and oxygen atoms in total. The number of guanidine groups is 1. The number of ether oxygens (including phenoxy) is 2. The Morgan fingerprint density at radius 2 is 2.03 bits per heavy atom. The minimum atomic E-state index is 0.465. The van der Waals surface area contributed by atoms with Gasteiger partial charge in [-0.1, -0.05) is 30.3 Å². The van der Waals surface area contributed by atoms with Crippen LogP contribution in [0.15, 0.2) is 59.9 Å². The zero-order valence-corrected chi connectivity index (χ0v) is 18.6. The van der Waals surface area contributed by atoms with Gasteiger partial charge in [0.1, 0.15) is 12.1 Å². The maximum absolute atomic E-state index is 6.15. The summed E-state index contributed by atoms with van der Waals surface area (Å²) in [4.78, 5) is 4.34. The smallest absolute Gasteiger partial charge is 0.191 e. The van der Waals surface area contributed by atoms with Crippen molar-refractivity contribution in [1.82, 2.24) is 25.4 Å². The minimum Gasteiger partial charge on any atom is -0.493 e. The van der Waals surface area contributed by atoms with Crippen molar-refractivity contribution in [2.45, 2.75) is 26.4 Å². The van der Waals surface area contributed by atoms with Crippen LogP contribution in [-0.2, 0) is 17.8 Å². The molecule has 2 heterocycles. The lowest BCUT2D eigenvalue weighted by molar-refractivity contribution is 0.166. The van der Waals surface area contributed by atoms with Crippen LogP contribution in [0.3, 0.4) is 0 Å². The molecule has 0 amide bonds. The normalized spacial score (nSPS) is 16.2. The van der Waals surface area contributed by atoms with Crippen LogP contribution < -0.4 is 15.4 Å². The van der Waals surface area contributed by atoms with E-state index in [4.69, 9.17) is 9.47 Å². The van der Waals surface area contributed by atoms with Crippen molar-refractivity contribution in [1.29, 1.82) is 0 Å². The molecule has 1 saturated heterocycles. The van der Waals surface area contributed by atoms with Gasteiger partial charge in [0.2, 0.25) is 0 Å². The summed E-state index contributed by atoms with van der Waals surface area (Å²) in [5.74, 6) is 2.86. The second-order valence-corrected chi connectivity index (χ2v) is 7.88. The molecule has 0 saturated carbocycles. The highest BCUT2D eigenvalue weighted by atomic mass is 16.5. The predicted octanol–water partition coefficient (Wildman–Crippen LogP) is 2.86. The van der Waals surface area contributed by atoms with E-state index in [1.807, 2.05) is 34.9 Å². The fourth-order valence-corrected chi connectivity index (χ4v) is 3.61. The largest absolute Gasteiger partial charge is 0.493 e. The summed E-state index contributed by atoms with van der Waals surface area (Å²) >= 11 is 0. The molecule has 2 N–H and O–H groups in total. The topological polar surface area (TPSA) is 85.6 Å². The lowest BCUT2D eigenvalue weighted by Gasteiger charge is -2.17. The van der Waals surface area contributed by atoms with E-state index in [2.05, 4.69) is 50.9 Å². The first-order chi connectivity index (χ1) is 15.7. The summed E-state index contributed by atoms with van der Waals surface area (Å²) < 4.78 is 13.6. The molecule has 0 radical (unpaired) electrons. The van der Waals surface area contributed by atoms with E-state index in [1.165, 1.54) is 5.56 Å². The lowest BCUT2D eigenvalue weighted by Crippen LogP contribution is -2.37. The van der Waals surface area contributed by atoms with Crippen LogP contribution in [0, 0.1) is 12.8 Å². The second-order valence-electron chi connectivity index (χ2n) is 7.88. The van der Waals surface area contributed by atoms with E-state index < -0.39 is 0 Å². The molecule has 168 valence electrons. The quantitative estimate of drug-likeness (QED) is 0.419. The van der Waals surface area contributed by atoms with Gasteiger partial charge < -0.3 is 20.1 Å². The highest BCUT2D eigenvalue weighted by Gasteiger charge is 2.17. The van der Waals surface area contributed by atoms with Crippen LogP contribution in [0.1, 0.15) is 23.4 Å². The number of aryl methyl sites for hydroxylation is 1. The van der Waals surface area contributed by atoms with Crippen LogP contribution in [0.5, 0.6) is 5.75 Å². The zero-order chi connectivity index (χ0) is 22.2. The standard InChI is InChI=1S/C24H30N6O2/c1-18-8-9-20(22(12-18)32-16-19-10-11-31-15-19)13-26-24(25-2)27-14-23-29-28-17-30(23)21-6-4-3-5-7-21/h3-9,12,17,19H,10-11,13-16H2,1-2H3,(H2,25,26,27). The van der Waals surface area contributed by atoms with Crippen molar-refractivity contribution in [2.75, 3.05) is 26.9 Å². The zero-order valence-electron chi connectivity index (χ0n) is 18.6. The molecule has 4 rings (SSSR count). The third kappa shape index (κ3) is 5.64. The first-order valence-corrected chi connectivity index (χ1v) is 10.9.